The maximum atomic E-state index is 5.19. The molecule has 2 aliphatic heterocycles. The van der Waals surface area contributed by atoms with Crippen LogP contribution in [0.3, 0.4) is 0 Å². The van der Waals surface area contributed by atoms with E-state index in [1.54, 1.807) is 0 Å². The molecule has 7 nitrogen and oxygen atoms in total. The van der Waals surface area contributed by atoms with Crippen molar-refractivity contribution in [2.24, 2.45) is 0 Å². The average Bonchev–Trinajstić information content (AvgIpc) is 3.22. The van der Waals surface area contributed by atoms with E-state index in [4.69, 9.17) is 9.97 Å². The lowest BCUT2D eigenvalue weighted by Gasteiger charge is -2.33. The van der Waals surface area contributed by atoms with Crippen molar-refractivity contribution in [3.8, 4) is 0 Å². The van der Waals surface area contributed by atoms with Crippen LogP contribution in [0.5, 0.6) is 0 Å². The Hall–Kier alpha value is -3.35. The molecule has 0 aliphatic carbocycles. The molecule has 0 unspecified atom stereocenters. The van der Waals surface area contributed by atoms with Crippen molar-refractivity contribution in [1.29, 1.82) is 0 Å². The van der Waals surface area contributed by atoms with Gasteiger partial charge in [-0.1, -0.05) is 32.9 Å². The second kappa shape index (κ2) is 9.84. The number of hydrogen-bond donors (Lipinski definition) is 1. The van der Waals surface area contributed by atoms with Crippen molar-refractivity contribution in [3.05, 3.63) is 59.4 Å². The van der Waals surface area contributed by atoms with Crippen molar-refractivity contribution in [2.75, 3.05) is 46.8 Å². The van der Waals surface area contributed by atoms with Gasteiger partial charge in [0.15, 0.2) is 11.6 Å². The molecular weight excluding hydrogens is 458 g/mol. The van der Waals surface area contributed by atoms with Gasteiger partial charge >= 0.3 is 0 Å². The van der Waals surface area contributed by atoms with Gasteiger partial charge in [-0.2, -0.15) is 9.97 Å². The smallest absolute Gasteiger partial charge is 0.229 e. The minimum absolute atomic E-state index is 0.0756. The van der Waals surface area contributed by atoms with Gasteiger partial charge < -0.3 is 20.0 Å². The van der Waals surface area contributed by atoms with E-state index in [9.17, 15) is 0 Å². The third-order valence-electron chi connectivity index (χ3n) is 7.80. The third kappa shape index (κ3) is 5.09. The summed E-state index contributed by atoms with van der Waals surface area (Å²) in [7, 11) is 2.13. The van der Waals surface area contributed by atoms with Gasteiger partial charge in [0.05, 0.1) is 6.67 Å². The van der Waals surface area contributed by atoms with E-state index < -0.39 is 0 Å². The van der Waals surface area contributed by atoms with Crippen molar-refractivity contribution >= 4 is 29.0 Å². The van der Waals surface area contributed by atoms with Crippen LogP contribution in [-0.2, 0) is 5.41 Å². The maximum absolute atomic E-state index is 5.19. The van der Waals surface area contributed by atoms with E-state index in [0.717, 1.165) is 61.6 Å². The molecule has 1 N–H and O–H groups in total. The third-order valence-corrected chi connectivity index (χ3v) is 7.80. The van der Waals surface area contributed by atoms with Crippen LogP contribution < -0.4 is 20.0 Å². The summed E-state index contributed by atoms with van der Waals surface area (Å²) >= 11 is 0. The number of rotatable bonds is 5. The highest BCUT2D eigenvalue weighted by atomic mass is 15.4. The molecule has 3 aromatic rings. The van der Waals surface area contributed by atoms with Crippen molar-refractivity contribution in [1.82, 2.24) is 15.0 Å². The predicted molar refractivity (Wildman–Crippen MR) is 155 cm³/mol. The lowest BCUT2D eigenvalue weighted by molar-refractivity contribution is 0.499. The van der Waals surface area contributed by atoms with Crippen molar-refractivity contribution in [2.45, 2.75) is 71.8 Å². The topological polar surface area (TPSA) is 60.4 Å². The van der Waals surface area contributed by atoms with Gasteiger partial charge in [0, 0.05) is 44.3 Å². The van der Waals surface area contributed by atoms with Gasteiger partial charge in [0.2, 0.25) is 5.95 Å². The minimum Gasteiger partial charge on any atom is -0.345 e. The molecule has 37 heavy (non-hydrogen) atoms. The summed E-state index contributed by atoms with van der Waals surface area (Å²) in [6.45, 7) is 16.1. The fourth-order valence-electron chi connectivity index (χ4n) is 5.38. The van der Waals surface area contributed by atoms with E-state index in [-0.39, 0.29) is 5.41 Å². The Morgan fingerprint density at radius 1 is 1.00 bits per heavy atom. The molecule has 4 heterocycles. The van der Waals surface area contributed by atoms with E-state index in [0.29, 0.717) is 12.0 Å². The van der Waals surface area contributed by atoms with Crippen molar-refractivity contribution < 1.29 is 0 Å². The molecule has 1 saturated heterocycles. The molecule has 1 aromatic carbocycles. The van der Waals surface area contributed by atoms with Crippen LogP contribution in [0.4, 0.5) is 29.0 Å². The van der Waals surface area contributed by atoms with E-state index in [1.807, 2.05) is 12.4 Å². The molecule has 0 radical (unpaired) electrons. The first kappa shape index (κ1) is 25.3. The second-order valence-electron chi connectivity index (χ2n) is 11.9. The first-order chi connectivity index (χ1) is 17.6. The maximum Gasteiger partial charge on any atom is 0.229 e. The lowest BCUT2D eigenvalue weighted by Crippen LogP contribution is -2.34. The van der Waals surface area contributed by atoms with Gasteiger partial charge in [-0.25, -0.2) is 0 Å². The fraction of sp³-hybridized carbons (Fsp3) is 0.500. The largest absolute Gasteiger partial charge is 0.345 e. The SMILES string of the molecule is Cc1ccc(C(C)(C)C)cc1Nc1nc(N2CCC(c3ccncc3)CC2)nc2c1N(C(C)C)CN2C. The standard InChI is InChI=1S/C30H41N7/c1-20(2)37-19-35(7)28-26(37)27(32-25-18-24(30(4,5)6)9-8-21(25)3)33-29(34-28)36-16-12-23(13-17-36)22-10-14-31-15-11-22/h8-11,14-15,18,20,23H,12-13,16-17,19H2,1-7H3,(H,32,33,34). The Morgan fingerprint density at radius 3 is 2.35 bits per heavy atom. The summed E-state index contributed by atoms with van der Waals surface area (Å²) in [5.41, 5.74) is 6.17. The second-order valence-corrected chi connectivity index (χ2v) is 11.9. The number of hydrogen-bond acceptors (Lipinski definition) is 7. The Bertz CT molecular complexity index is 1240. The highest BCUT2D eigenvalue weighted by Gasteiger charge is 2.33. The van der Waals surface area contributed by atoms with E-state index in [2.05, 4.69) is 104 Å². The number of piperidine rings is 1. The van der Waals surface area contributed by atoms with E-state index in [1.165, 1.54) is 16.7 Å². The van der Waals surface area contributed by atoms with Gasteiger partial charge in [0.25, 0.3) is 0 Å². The van der Waals surface area contributed by atoms with Crippen LogP contribution in [0.15, 0.2) is 42.7 Å². The zero-order chi connectivity index (χ0) is 26.3. The molecule has 7 heteroatoms. The summed E-state index contributed by atoms with van der Waals surface area (Å²) in [6, 6.07) is 11.4. The number of nitrogens with zero attached hydrogens (tertiary/aromatic N) is 6. The number of aryl methyl sites for hydroxylation is 1. The Kier molecular flexibility index (Phi) is 6.73. The number of aromatic nitrogens is 3. The number of anilines is 5. The molecule has 0 spiro atoms. The summed E-state index contributed by atoms with van der Waals surface area (Å²) in [6.07, 6.45) is 5.98. The Labute approximate surface area is 221 Å². The molecule has 0 bridgehead atoms. The monoisotopic (exact) mass is 499 g/mol. The molecule has 0 saturated carbocycles. The van der Waals surface area contributed by atoms with Crippen LogP contribution in [0.1, 0.15) is 70.1 Å². The summed E-state index contributed by atoms with van der Waals surface area (Å²) < 4.78 is 0. The van der Waals surface area contributed by atoms with Crippen molar-refractivity contribution in [3.63, 3.8) is 0 Å². The van der Waals surface area contributed by atoms with Crippen LogP contribution >= 0.6 is 0 Å². The normalized spacial score (nSPS) is 16.5. The number of nitrogens with one attached hydrogen (secondary N) is 1. The minimum atomic E-state index is 0.0756. The Morgan fingerprint density at radius 2 is 1.70 bits per heavy atom. The molecule has 196 valence electrons. The summed E-state index contributed by atoms with van der Waals surface area (Å²) in [5.74, 6) is 3.27. The lowest BCUT2D eigenvalue weighted by atomic mass is 9.86. The number of fused-ring (bicyclic) bond motifs is 1. The van der Waals surface area contributed by atoms with Gasteiger partial charge in [-0.3, -0.25) is 4.98 Å². The highest BCUT2D eigenvalue weighted by molar-refractivity contribution is 5.86. The van der Waals surface area contributed by atoms with Crippen LogP contribution in [0.25, 0.3) is 0 Å². The molecule has 1 fully saturated rings. The van der Waals surface area contributed by atoms with E-state index >= 15 is 0 Å². The molecule has 2 aliphatic rings. The molecule has 2 aromatic heterocycles. The van der Waals surface area contributed by atoms with Gasteiger partial charge in [0.1, 0.15) is 5.69 Å². The quantitative estimate of drug-likeness (QED) is 0.447. The number of benzene rings is 1. The predicted octanol–water partition coefficient (Wildman–Crippen LogP) is 6.23. The summed E-state index contributed by atoms with van der Waals surface area (Å²) in [4.78, 5) is 21.5. The highest BCUT2D eigenvalue weighted by Crippen LogP contribution is 2.43. The van der Waals surface area contributed by atoms with Crippen LogP contribution in [-0.4, -0.2) is 47.8 Å². The first-order valence-electron chi connectivity index (χ1n) is 13.5. The van der Waals surface area contributed by atoms with Crippen LogP contribution in [0.2, 0.25) is 0 Å². The summed E-state index contributed by atoms with van der Waals surface area (Å²) in [5, 5.41) is 3.75. The van der Waals surface area contributed by atoms with Gasteiger partial charge in [-0.15, -0.1) is 0 Å². The number of pyridine rings is 1. The first-order valence-corrected chi connectivity index (χ1v) is 13.5. The average molecular weight is 500 g/mol. The van der Waals surface area contributed by atoms with Crippen LogP contribution in [0, 0.1) is 6.92 Å². The van der Waals surface area contributed by atoms with Gasteiger partial charge in [-0.05, 0) is 79.8 Å². The zero-order valence-corrected chi connectivity index (χ0v) is 23.4. The Balaban J connectivity index is 1.49. The zero-order valence-electron chi connectivity index (χ0n) is 23.4. The molecule has 0 atom stereocenters. The molecule has 0 amide bonds. The fourth-order valence-corrected chi connectivity index (χ4v) is 5.38. The molecular formula is C30H41N7. The molecule has 5 rings (SSSR count).